The molecule has 0 saturated carbocycles. The highest BCUT2D eigenvalue weighted by Gasteiger charge is 2.31. The number of benzene rings is 3. The van der Waals surface area contributed by atoms with Crippen LogP contribution in [0.5, 0.6) is 23.0 Å². The van der Waals surface area contributed by atoms with Crippen LogP contribution in [0.15, 0.2) is 66.1 Å². The SMILES string of the molecule is CCCCOc1cccc(C2C(C#N)=C(N)Oc3cc(OC(=O)c4cc(Cl)c(OC)c(Cl)c4)ccc32)c1. The van der Waals surface area contributed by atoms with Crippen LogP contribution in [0.4, 0.5) is 0 Å². The summed E-state index contributed by atoms with van der Waals surface area (Å²) in [6.07, 6.45) is 1.97. The van der Waals surface area contributed by atoms with E-state index in [0.29, 0.717) is 23.7 Å². The molecule has 1 aliphatic rings. The Morgan fingerprint density at radius 2 is 1.86 bits per heavy atom. The molecule has 0 aliphatic carbocycles. The molecule has 0 spiro atoms. The predicted octanol–water partition coefficient (Wildman–Crippen LogP) is 6.62. The summed E-state index contributed by atoms with van der Waals surface area (Å²) in [6.45, 7) is 2.70. The molecule has 0 aromatic heterocycles. The predicted molar refractivity (Wildman–Crippen MR) is 141 cm³/mol. The highest BCUT2D eigenvalue weighted by Crippen LogP contribution is 2.44. The number of rotatable bonds is 8. The summed E-state index contributed by atoms with van der Waals surface area (Å²) in [5.74, 6) is 0.393. The molecule has 1 heterocycles. The van der Waals surface area contributed by atoms with E-state index in [-0.39, 0.29) is 38.6 Å². The van der Waals surface area contributed by atoms with Crippen molar-refractivity contribution in [2.24, 2.45) is 5.73 Å². The Hall–Kier alpha value is -3.86. The summed E-state index contributed by atoms with van der Waals surface area (Å²) in [7, 11) is 1.43. The number of ether oxygens (including phenoxy) is 4. The number of esters is 1. The van der Waals surface area contributed by atoms with Crippen molar-refractivity contribution in [2.75, 3.05) is 13.7 Å². The van der Waals surface area contributed by atoms with Crippen LogP contribution < -0.4 is 24.7 Å². The second-order valence-electron chi connectivity index (χ2n) is 8.26. The monoisotopic (exact) mass is 538 g/mol. The zero-order valence-corrected chi connectivity index (χ0v) is 21.7. The third kappa shape index (κ3) is 5.61. The lowest BCUT2D eigenvalue weighted by Crippen LogP contribution is -2.21. The van der Waals surface area contributed by atoms with Gasteiger partial charge in [0, 0.05) is 11.6 Å². The zero-order valence-electron chi connectivity index (χ0n) is 20.2. The molecule has 2 N–H and O–H groups in total. The second-order valence-corrected chi connectivity index (χ2v) is 9.08. The number of methoxy groups -OCH3 is 1. The Bertz CT molecular complexity index is 1390. The van der Waals surface area contributed by atoms with Gasteiger partial charge < -0.3 is 24.7 Å². The average Bonchev–Trinajstić information content (AvgIpc) is 2.88. The van der Waals surface area contributed by atoms with E-state index >= 15 is 0 Å². The Labute approximate surface area is 224 Å². The number of nitrogens with zero attached hydrogens (tertiary/aromatic N) is 1. The van der Waals surface area contributed by atoms with Crippen molar-refractivity contribution in [1.29, 1.82) is 5.26 Å². The lowest BCUT2D eigenvalue weighted by Gasteiger charge is -2.27. The van der Waals surface area contributed by atoms with Crippen LogP contribution in [0.25, 0.3) is 0 Å². The van der Waals surface area contributed by atoms with Gasteiger partial charge in [-0.2, -0.15) is 5.26 Å². The number of hydrogen-bond donors (Lipinski definition) is 1. The summed E-state index contributed by atoms with van der Waals surface area (Å²) in [4.78, 5) is 12.8. The first-order valence-electron chi connectivity index (χ1n) is 11.6. The number of nitrogens with two attached hydrogens (primary N) is 1. The fraction of sp³-hybridized carbons (Fsp3) is 0.214. The maximum atomic E-state index is 12.8. The van der Waals surface area contributed by atoms with Crippen molar-refractivity contribution in [2.45, 2.75) is 25.7 Å². The molecule has 0 fully saturated rings. The number of allylic oxidation sites excluding steroid dienone is 1. The number of fused-ring (bicyclic) bond motifs is 1. The molecular weight excluding hydrogens is 515 g/mol. The van der Waals surface area contributed by atoms with Gasteiger partial charge in [-0.15, -0.1) is 0 Å². The average molecular weight is 539 g/mol. The van der Waals surface area contributed by atoms with Crippen molar-refractivity contribution in [3.05, 3.63) is 92.8 Å². The first-order chi connectivity index (χ1) is 17.9. The number of halogens is 2. The van der Waals surface area contributed by atoms with Gasteiger partial charge in [0.1, 0.15) is 28.9 Å². The lowest BCUT2D eigenvalue weighted by atomic mass is 9.83. The maximum Gasteiger partial charge on any atom is 0.343 e. The Kier molecular flexibility index (Phi) is 8.12. The Morgan fingerprint density at radius 3 is 2.54 bits per heavy atom. The summed E-state index contributed by atoms with van der Waals surface area (Å²) in [5.41, 5.74) is 8.09. The molecule has 0 radical (unpaired) electrons. The third-order valence-electron chi connectivity index (χ3n) is 5.80. The van der Waals surface area contributed by atoms with Crippen LogP contribution in [0.2, 0.25) is 10.0 Å². The number of carbonyl (C=O) groups is 1. The minimum atomic E-state index is -0.670. The number of nitriles is 1. The standard InChI is InChI=1S/C28H24Cl2N2O5/c1-3-4-10-35-18-7-5-6-16(11-18)25-20-9-8-19(14-24(20)37-27(32)21(25)15-31)36-28(33)17-12-22(29)26(34-2)23(30)13-17/h5-9,11-14,25H,3-4,10,32H2,1-2H3. The molecule has 4 rings (SSSR count). The van der Waals surface area contributed by atoms with Gasteiger partial charge in [0.2, 0.25) is 5.88 Å². The minimum absolute atomic E-state index is 0.0190. The molecule has 1 aliphatic heterocycles. The summed E-state index contributed by atoms with van der Waals surface area (Å²) in [5, 5.41) is 10.2. The van der Waals surface area contributed by atoms with Crippen LogP contribution in [-0.2, 0) is 0 Å². The van der Waals surface area contributed by atoms with Crippen molar-refractivity contribution in [3.63, 3.8) is 0 Å². The van der Waals surface area contributed by atoms with Gasteiger partial charge in [-0.3, -0.25) is 0 Å². The van der Waals surface area contributed by atoms with E-state index in [4.69, 9.17) is 47.9 Å². The topological polar surface area (TPSA) is 104 Å². The third-order valence-corrected chi connectivity index (χ3v) is 6.36. The molecule has 1 atom stereocenters. The smallest absolute Gasteiger partial charge is 0.343 e. The normalized spacial score (nSPS) is 14.3. The van der Waals surface area contributed by atoms with E-state index in [1.54, 1.807) is 18.2 Å². The fourth-order valence-electron chi connectivity index (χ4n) is 4.00. The van der Waals surface area contributed by atoms with Gasteiger partial charge in [0.05, 0.1) is 35.2 Å². The second kappa shape index (κ2) is 11.5. The van der Waals surface area contributed by atoms with E-state index in [0.717, 1.165) is 18.4 Å². The Balaban J connectivity index is 1.64. The summed E-state index contributed by atoms with van der Waals surface area (Å²) < 4.78 is 22.3. The van der Waals surface area contributed by atoms with Crippen LogP contribution in [0, 0.1) is 11.3 Å². The number of carbonyl (C=O) groups excluding carboxylic acids is 1. The number of unbranched alkanes of at least 4 members (excludes halogenated alkanes) is 1. The van der Waals surface area contributed by atoms with Gasteiger partial charge in [0.25, 0.3) is 0 Å². The van der Waals surface area contributed by atoms with Gasteiger partial charge in [-0.05, 0) is 42.3 Å². The quantitative estimate of drug-likeness (QED) is 0.195. The maximum absolute atomic E-state index is 12.8. The van der Waals surface area contributed by atoms with Crippen LogP contribution >= 0.6 is 23.2 Å². The summed E-state index contributed by atoms with van der Waals surface area (Å²) >= 11 is 12.3. The van der Waals surface area contributed by atoms with Gasteiger partial charge >= 0.3 is 5.97 Å². The molecular formula is C28H24Cl2N2O5. The van der Waals surface area contributed by atoms with Gasteiger partial charge in [0.15, 0.2) is 5.75 Å². The molecule has 1 unspecified atom stereocenters. The van der Waals surface area contributed by atoms with Crippen molar-refractivity contribution in [3.8, 4) is 29.1 Å². The van der Waals surface area contributed by atoms with Gasteiger partial charge in [-0.25, -0.2) is 4.79 Å². The molecule has 3 aromatic rings. The fourth-order valence-corrected chi connectivity index (χ4v) is 4.64. The van der Waals surface area contributed by atoms with Crippen molar-refractivity contribution in [1.82, 2.24) is 0 Å². The van der Waals surface area contributed by atoms with Crippen LogP contribution in [0.1, 0.15) is 47.2 Å². The van der Waals surface area contributed by atoms with Gasteiger partial charge in [-0.1, -0.05) is 54.7 Å². The first-order valence-corrected chi connectivity index (χ1v) is 12.3. The van der Waals surface area contributed by atoms with E-state index < -0.39 is 11.9 Å². The minimum Gasteiger partial charge on any atom is -0.494 e. The zero-order chi connectivity index (χ0) is 26.5. The van der Waals surface area contributed by atoms with E-state index in [1.807, 2.05) is 24.3 Å². The molecule has 7 nitrogen and oxygen atoms in total. The molecule has 9 heteroatoms. The highest BCUT2D eigenvalue weighted by molar-refractivity contribution is 6.37. The number of hydrogen-bond acceptors (Lipinski definition) is 7. The van der Waals surface area contributed by atoms with E-state index in [9.17, 15) is 10.1 Å². The molecule has 37 heavy (non-hydrogen) atoms. The molecule has 0 saturated heterocycles. The largest absolute Gasteiger partial charge is 0.494 e. The van der Waals surface area contributed by atoms with Crippen LogP contribution in [-0.4, -0.2) is 19.7 Å². The van der Waals surface area contributed by atoms with Crippen molar-refractivity contribution < 1.29 is 23.7 Å². The van der Waals surface area contributed by atoms with Crippen molar-refractivity contribution >= 4 is 29.2 Å². The molecule has 190 valence electrons. The van der Waals surface area contributed by atoms with Crippen LogP contribution in [0.3, 0.4) is 0 Å². The Morgan fingerprint density at radius 1 is 1.11 bits per heavy atom. The summed E-state index contributed by atoms with van der Waals surface area (Å²) in [6, 6.07) is 17.5. The van der Waals surface area contributed by atoms with E-state index in [1.165, 1.54) is 19.2 Å². The molecule has 0 bridgehead atoms. The van der Waals surface area contributed by atoms with E-state index in [2.05, 4.69) is 13.0 Å². The highest BCUT2D eigenvalue weighted by atomic mass is 35.5. The lowest BCUT2D eigenvalue weighted by molar-refractivity contribution is 0.0734. The first kappa shape index (κ1) is 26.2. The molecule has 0 amide bonds. The molecule has 3 aromatic carbocycles.